The summed E-state index contributed by atoms with van der Waals surface area (Å²) in [6.07, 6.45) is 0. The molecule has 3 rings (SSSR count). The lowest BCUT2D eigenvalue weighted by Gasteiger charge is -2.22. The van der Waals surface area contributed by atoms with Crippen molar-refractivity contribution in [2.24, 2.45) is 0 Å². The molecule has 0 bridgehead atoms. The van der Waals surface area contributed by atoms with E-state index in [9.17, 15) is 14.3 Å². The Morgan fingerprint density at radius 3 is 2.92 bits per heavy atom. The van der Waals surface area contributed by atoms with E-state index in [1.54, 1.807) is 19.9 Å². The van der Waals surface area contributed by atoms with Gasteiger partial charge >= 0.3 is 6.03 Å². The van der Waals surface area contributed by atoms with Crippen molar-refractivity contribution < 1.29 is 14.3 Å². The van der Waals surface area contributed by atoms with Gasteiger partial charge in [0.2, 0.25) is 5.95 Å². The predicted molar refractivity (Wildman–Crippen MR) is 88.2 cm³/mol. The van der Waals surface area contributed by atoms with Gasteiger partial charge < -0.3 is 15.7 Å². The summed E-state index contributed by atoms with van der Waals surface area (Å²) < 4.78 is 13.4. The molecule has 2 amide bonds. The summed E-state index contributed by atoms with van der Waals surface area (Å²) >= 11 is 0. The van der Waals surface area contributed by atoms with Crippen molar-refractivity contribution in [2.75, 3.05) is 17.2 Å². The van der Waals surface area contributed by atoms with Crippen LogP contribution >= 0.6 is 0 Å². The molecule has 0 saturated heterocycles. The third-order valence-corrected chi connectivity index (χ3v) is 3.76. The molecule has 0 saturated carbocycles. The molecule has 126 valence electrons. The van der Waals surface area contributed by atoms with Crippen LogP contribution in [0, 0.1) is 12.7 Å². The molecule has 2 heterocycles. The Kier molecular flexibility index (Phi) is 4.30. The maximum absolute atomic E-state index is 13.4. The lowest BCUT2D eigenvalue weighted by atomic mass is 10.0. The minimum atomic E-state index is -0.343. The van der Waals surface area contributed by atoms with E-state index in [2.05, 4.69) is 25.9 Å². The van der Waals surface area contributed by atoms with Crippen LogP contribution in [0.4, 0.5) is 21.0 Å². The van der Waals surface area contributed by atoms with E-state index in [4.69, 9.17) is 0 Å². The number of nitrogens with zero attached hydrogens (tertiary/aromatic N) is 2. The summed E-state index contributed by atoms with van der Waals surface area (Å²) in [5, 5.41) is 17.5. The van der Waals surface area contributed by atoms with Gasteiger partial charge in [0.25, 0.3) is 0 Å². The number of aryl methyl sites for hydroxylation is 1. The SMILES string of the molecule is Cc1cc(F)ccc1-c1nc(N[C@@H](C)CO)nc2c1CNC(=O)N2. The quantitative estimate of drug-likeness (QED) is 0.687. The summed E-state index contributed by atoms with van der Waals surface area (Å²) in [4.78, 5) is 20.4. The second-order valence-corrected chi connectivity index (χ2v) is 5.72. The molecule has 0 unspecified atom stereocenters. The average molecular weight is 331 g/mol. The average Bonchev–Trinajstić information content (AvgIpc) is 2.53. The number of aliphatic hydroxyl groups is 1. The molecule has 0 aliphatic carbocycles. The lowest BCUT2D eigenvalue weighted by molar-refractivity contribution is 0.250. The number of benzene rings is 1. The number of fused-ring (bicyclic) bond motifs is 1. The highest BCUT2D eigenvalue weighted by Gasteiger charge is 2.23. The number of amides is 2. The van der Waals surface area contributed by atoms with Crippen LogP contribution in [0.5, 0.6) is 0 Å². The fraction of sp³-hybridized carbons (Fsp3) is 0.312. The number of nitrogens with one attached hydrogen (secondary N) is 3. The number of aliphatic hydroxyl groups excluding tert-OH is 1. The summed E-state index contributed by atoms with van der Waals surface area (Å²) in [6.45, 7) is 3.78. The maximum atomic E-state index is 13.4. The number of hydrogen-bond acceptors (Lipinski definition) is 5. The number of carbonyl (C=O) groups is 1. The smallest absolute Gasteiger partial charge is 0.320 e. The minimum absolute atomic E-state index is 0.0841. The molecule has 1 atom stereocenters. The number of hydrogen-bond donors (Lipinski definition) is 4. The first kappa shape index (κ1) is 16.1. The first-order chi connectivity index (χ1) is 11.5. The molecule has 0 spiro atoms. The van der Waals surface area contributed by atoms with Crippen molar-refractivity contribution in [1.29, 1.82) is 0 Å². The van der Waals surface area contributed by atoms with Crippen molar-refractivity contribution in [2.45, 2.75) is 26.4 Å². The van der Waals surface area contributed by atoms with E-state index >= 15 is 0 Å². The fourth-order valence-corrected chi connectivity index (χ4v) is 2.52. The number of aromatic nitrogens is 2. The first-order valence-electron chi connectivity index (χ1n) is 7.57. The highest BCUT2D eigenvalue weighted by molar-refractivity contribution is 5.93. The fourth-order valence-electron chi connectivity index (χ4n) is 2.52. The van der Waals surface area contributed by atoms with Crippen LogP contribution in [-0.2, 0) is 6.54 Å². The number of urea groups is 1. The summed E-state index contributed by atoms with van der Waals surface area (Å²) in [6, 6.07) is 3.87. The molecule has 0 fully saturated rings. The monoisotopic (exact) mass is 331 g/mol. The van der Waals surface area contributed by atoms with Crippen molar-refractivity contribution in [3.63, 3.8) is 0 Å². The normalized spacial score (nSPS) is 14.4. The van der Waals surface area contributed by atoms with Gasteiger partial charge in [-0.1, -0.05) is 0 Å². The van der Waals surface area contributed by atoms with E-state index in [0.29, 0.717) is 11.5 Å². The lowest BCUT2D eigenvalue weighted by Crippen LogP contribution is -2.35. The van der Waals surface area contributed by atoms with E-state index in [-0.39, 0.29) is 37.0 Å². The first-order valence-corrected chi connectivity index (χ1v) is 7.57. The predicted octanol–water partition coefficient (Wildman–Crippen LogP) is 2.02. The van der Waals surface area contributed by atoms with E-state index < -0.39 is 0 Å². The zero-order chi connectivity index (χ0) is 17.3. The van der Waals surface area contributed by atoms with Crippen LogP contribution in [0.15, 0.2) is 18.2 Å². The van der Waals surface area contributed by atoms with Gasteiger partial charge in [0, 0.05) is 17.2 Å². The second kappa shape index (κ2) is 6.40. The van der Waals surface area contributed by atoms with Crippen LogP contribution < -0.4 is 16.0 Å². The molecular formula is C16H18FN5O2. The van der Waals surface area contributed by atoms with Crippen molar-refractivity contribution in [3.05, 3.63) is 35.1 Å². The molecule has 1 aliphatic rings. The van der Waals surface area contributed by atoms with E-state index in [1.165, 1.54) is 12.1 Å². The Morgan fingerprint density at radius 2 is 2.21 bits per heavy atom. The number of carbonyl (C=O) groups excluding carboxylic acids is 1. The number of rotatable bonds is 4. The van der Waals surface area contributed by atoms with Gasteiger partial charge in [-0.25, -0.2) is 14.2 Å². The molecule has 24 heavy (non-hydrogen) atoms. The Bertz CT molecular complexity index is 796. The molecule has 0 radical (unpaired) electrons. The van der Waals surface area contributed by atoms with Crippen molar-refractivity contribution >= 4 is 17.8 Å². The van der Waals surface area contributed by atoms with Gasteiger partial charge in [-0.05, 0) is 37.6 Å². The zero-order valence-corrected chi connectivity index (χ0v) is 13.4. The van der Waals surface area contributed by atoms with Crippen LogP contribution in [0.25, 0.3) is 11.3 Å². The molecule has 1 aromatic heterocycles. The van der Waals surface area contributed by atoms with Crippen molar-refractivity contribution in [1.82, 2.24) is 15.3 Å². The zero-order valence-electron chi connectivity index (χ0n) is 13.4. The standard InChI is InChI=1S/C16H18FN5O2/c1-8-5-10(17)3-4-11(8)13-12-6-18-16(24)22-14(12)21-15(20-13)19-9(2)7-23/h3-5,9,23H,6-7H2,1-2H3,(H3,18,19,20,21,22,24)/t9-/m0/s1. The van der Waals surface area contributed by atoms with Crippen LogP contribution in [-0.4, -0.2) is 33.8 Å². The van der Waals surface area contributed by atoms with Crippen LogP contribution in [0.3, 0.4) is 0 Å². The highest BCUT2D eigenvalue weighted by atomic mass is 19.1. The van der Waals surface area contributed by atoms with Gasteiger partial charge in [0.15, 0.2) is 0 Å². The molecule has 4 N–H and O–H groups in total. The molecule has 7 nitrogen and oxygen atoms in total. The topological polar surface area (TPSA) is 99.2 Å². The van der Waals surface area contributed by atoms with Crippen molar-refractivity contribution in [3.8, 4) is 11.3 Å². The molecule has 2 aromatic rings. The Hall–Kier alpha value is -2.74. The highest BCUT2D eigenvalue weighted by Crippen LogP contribution is 2.31. The maximum Gasteiger partial charge on any atom is 0.320 e. The molecular weight excluding hydrogens is 313 g/mol. The minimum Gasteiger partial charge on any atom is -0.394 e. The second-order valence-electron chi connectivity index (χ2n) is 5.72. The summed E-state index contributed by atoms with van der Waals surface area (Å²) in [7, 11) is 0. The van der Waals surface area contributed by atoms with Crippen LogP contribution in [0.2, 0.25) is 0 Å². The third kappa shape index (κ3) is 3.13. The Balaban J connectivity index is 2.14. The third-order valence-electron chi connectivity index (χ3n) is 3.76. The molecule has 1 aromatic carbocycles. The van der Waals surface area contributed by atoms with E-state index in [1.807, 2.05) is 0 Å². The molecule has 8 heteroatoms. The summed E-state index contributed by atoms with van der Waals surface area (Å²) in [5.41, 5.74) is 2.82. The van der Waals surface area contributed by atoms with Gasteiger partial charge in [-0.15, -0.1) is 0 Å². The van der Waals surface area contributed by atoms with Crippen LogP contribution in [0.1, 0.15) is 18.1 Å². The Morgan fingerprint density at radius 1 is 1.42 bits per heavy atom. The number of halogens is 1. The van der Waals surface area contributed by atoms with Gasteiger partial charge in [-0.3, -0.25) is 5.32 Å². The van der Waals surface area contributed by atoms with E-state index in [0.717, 1.165) is 16.7 Å². The van der Waals surface area contributed by atoms with Gasteiger partial charge in [0.05, 0.1) is 18.8 Å². The van der Waals surface area contributed by atoms with Gasteiger partial charge in [-0.2, -0.15) is 4.98 Å². The largest absolute Gasteiger partial charge is 0.394 e. The Labute approximate surface area is 138 Å². The number of anilines is 2. The summed E-state index contributed by atoms with van der Waals surface area (Å²) in [5.74, 6) is 0.370. The van der Waals surface area contributed by atoms with Gasteiger partial charge in [0.1, 0.15) is 11.6 Å². The molecule has 1 aliphatic heterocycles.